The van der Waals surface area contributed by atoms with Gasteiger partial charge in [-0.1, -0.05) is 6.92 Å². The largest absolute Gasteiger partial charge is 0.394 e. The number of thiazole rings is 1. The minimum Gasteiger partial charge on any atom is -0.394 e. The van der Waals surface area contributed by atoms with Crippen molar-refractivity contribution in [2.75, 3.05) is 11.9 Å². The maximum absolute atomic E-state index is 8.98. The summed E-state index contributed by atoms with van der Waals surface area (Å²) in [6.45, 7) is 6.25. The van der Waals surface area contributed by atoms with Crippen LogP contribution in [0.3, 0.4) is 0 Å². The number of nitrogens with one attached hydrogen (secondary N) is 1. The third-order valence-corrected chi connectivity index (χ3v) is 3.07. The molecule has 3 nitrogen and oxygen atoms in total. The van der Waals surface area contributed by atoms with Crippen LogP contribution < -0.4 is 5.32 Å². The Bertz CT molecular complexity index is 249. The van der Waals surface area contributed by atoms with E-state index in [1.165, 1.54) is 4.88 Å². The molecule has 1 aromatic rings. The lowest BCUT2D eigenvalue weighted by Crippen LogP contribution is -2.22. The van der Waals surface area contributed by atoms with Crippen molar-refractivity contribution in [3.05, 3.63) is 10.6 Å². The highest BCUT2D eigenvalue weighted by atomic mass is 32.1. The van der Waals surface area contributed by atoms with E-state index < -0.39 is 0 Å². The van der Waals surface area contributed by atoms with Crippen molar-refractivity contribution < 1.29 is 5.11 Å². The maximum atomic E-state index is 8.98. The van der Waals surface area contributed by atoms with E-state index in [0.717, 1.165) is 17.2 Å². The Balaban J connectivity index is 2.62. The van der Waals surface area contributed by atoms with Crippen LogP contribution in [0, 0.1) is 13.8 Å². The summed E-state index contributed by atoms with van der Waals surface area (Å²) < 4.78 is 0. The number of aromatic nitrogens is 1. The molecule has 0 amide bonds. The lowest BCUT2D eigenvalue weighted by Gasteiger charge is -2.11. The van der Waals surface area contributed by atoms with Crippen LogP contribution in [-0.4, -0.2) is 22.7 Å². The van der Waals surface area contributed by atoms with Crippen molar-refractivity contribution in [1.29, 1.82) is 0 Å². The number of aliphatic hydroxyl groups excluding tert-OH is 1. The molecule has 1 aromatic heterocycles. The van der Waals surface area contributed by atoms with E-state index in [2.05, 4.69) is 17.2 Å². The van der Waals surface area contributed by atoms with Gasteiger partial charge in [0.15, 0.2) is 5.13 Å². The van der Waals surface area contributed by atoms with Crippen LogP contribution in [0.5, 0.6) is 0 Å². The molecular weight excluding hydrogens is 184 g/mol. The Kier molecular flexibility index (Phi) is 3.69. The highest BCUT2D eigenvalue weighted by Crippen LogP contribution is 2.21. The number of nitrogens with zero attached hydrogens (tertiary/aromatic N) is 1. The second-order valence-corrected chi connectivity index (χ2v) is 4.30. The Hall–Kier alpha value is -0.610. The Labute approximate surface area is 82.8 Å². The summed E-state index contributed by atoms with van der Waals surface area (Å²) >= 11 is 1.64. The van der Waals surface area contributed by atoms with Gasteiger partial charge < -0.3 is 10.4 Å². The number of aryl methyl sites for hydroxylation is 2. The molecule has 1 heterocycles. The van der Waals surface area contributed by atoms with Crippen molar-refractivity contribution in [2.24, 2.45) is 0 Å². The van der Waals surface area contributed by atoms with Gasteiger partial charge in [0, 0.05) is 4.88 Å². The SMILES string of the molecule is CCC(CO)Nc1nc(C)c(C)s1. The molecule has 13 heavy (non-hydrogen) atoms. The van der Waals surface area contributed by atoms with Gasteiger partial charge >= 0.3 is 0 Å². The van der Waals surface area contributed by atoms with Gasteiger partial charge in [0.05, 0.1) is 18.3 Å². The first kappa shape index (κ1) is 10.5. The minimum absolute atomic E-state index is 0.130. The molecule has 0 spiro atoms. The van der Waals surface area contributed by atoms with Crippen LogP contribution in [0.15, 0.2) is 0 Å². The van der Waals surface area contributed by atoms with Gasteiger partial charge in [-0.05, 0) is 20.3 Å². The lowest BCUT2D eigenvalue weighted by molar-refractivity contribution is 0.272. The van der Waals surface area contributed by atoms with Gasteiger partial charge in [-0.15, -0.1) is 11.3 Å². The van der Waals surface area contributed by atoms with Gasteiger partial charge in [-0.2, -0.15) is 0 Å². The second kappa shape index (κ2) is 4.58. The molecule has 1 atom stereocenters. The zero-order chi connectivity index (χ0) is 9.84. The lowest BCUT2D eigenvalue weighted by atomic mass is 10.2. The quantitative estimate of drug-likeness (QED) is 0.780. The zero-order valence-corrected chi connectivity index (χ0v) is 9.11. The molecule has 2 N–H and O–H groups in total. The molecular formula is C9H16N2OS. The Morgan fingerprint density at radius 1 is 1.54 bits per heavy atom. The average Bonchev–Trinajstić information content (AvgIpc) is 2.42. The number of hydrogen-bond donors (Lipinski definition) is 2. The summed E-state index contributed by atoms with van der Waals surface area (Å²) in [6, 6.07) is 0.130. The first-order valence-electron chi connectivity index (χ1n) is 4.48. The van der Waals surface area contributed by atoms with Gasteiger partial charge in [-0.3, -0.25) is 0 Å². The van der Waals surface area contributed by atoms with E-state index in [1.807, 2.05) is 13.8 Å². The molecule has 0 aromatic carbocycles. The molecule has 0 radical (unpaired) electrons. The molecule has 1 unspecified atom stereocenters. The highest BCUT2D eigenvalue weighted by molar-refractivity contribution is 7.15. The molecule has 0 saturated heterocycles. The zero-order valence-electron chi connectivity index (χ0n) is 8.29. The van der Waals surface area contributed by atoms with Crippen LogP contribution in [0.25, 0.3) is 0 Å². The van der Waals surface area contributed by atoms with Crippen molar-refractivity contribution >= 4 is 16.5 Å². The van der Waals surface area contributed by atoms with Crippen LogP contribution in [0.4, 0.5) is 5.13 Å². The predicted octanol–water partition coefficient (Wildman–Crippen LogP) is 1.94. The molecule has 4 heteroatoms. The fourth-order valence-electron chi connectivity index (χ4n) is 0.986. The van der Waals surface area contributed by atoms with E-state index in [9.17, 15) is 0 Å². The molecule has 0 aliphatic rings. The van der Waals surface area contributed by atoms with E-state index >= 15 is 0 Å². The fourth-order valence-corrected chi connectivity index (χ4v) is 1.88. The molecule has 74 valence electrons. The van der Waals surface area contributed by atoms with Gasteiger partial charge in [0.2, 0.25) is 0 Å². The number of hydrogen-bond acceptors (Lipinski definition) is 4. The normalized spacial score (nSPS) is 12.9. The summed E-state index contributed by atoms with van der Waals surface area (Å²) in [5.41, 5.74) is 1.07. The molecule has 0 bridgehead atoms. The van der Waals surface area contributed by atoms with Crippen LogP contribution in [0.2, 0.25) is 0 Å². The standard InChI is InChI=1S/C9H16N2OS/c1-4-8(5-12)11-9-10-6(2)7(3)13-9/h8,12H,4-5H2,1-3H3,(H,10,11). The van der Waals surface area contributed by atoms with Crippen molar-refractivity contribution in [3.8, 4) is 0 Å². The molecule has 0 aliphatic carbocycles. The summed E-state index contributed by atoms with van der Waals surface area (Å²) in [7, 11) is 0. The third-order valence-electron chi connectivity index (χ3n) is 2.07. The number of rotatable bonds is 4. The number of aliphatic hydroxyl groups is 1. The first-order chi connectivity index (χ1) is 6.17. The second-order valence-electron chi connectivity index (χ2n) is 3.09. The van der Waals surface area contributed by atoms with Gasteiger partial charge in [-0.25, -0.2) is 4.98 Å². The smallest absolute Gasteiger partial charge is 0.183 e. The Morgan fingerprint density at radius 2 is 2.23 bits per heavy atom. The van der Waals surface area contributed by atoms with Crippen LogP contribution >= 0.6 is 11.3 Å². The fraction of sp³-hybridized carbons (Fsp3) is 0.667. The van der Waals surface area contributed by atoms with Gasteiger partial charge in [0.1, 0.15) is 0 Å². The summed E-state index contributed by atoms with van der Waals surface area (Å²) in [5, 5.41) is 13.1. The summed E-state index contributed by atoms with van der Waals surface area (Å²) in [5.74, 6) is 0. The number of anilines is 1. The van der Waals surface area contributed by atoms with Crippen molar-refractivity contribution in [2.45, 2.75) is 33.2 Å². The molecule has 0 fully saturated rings. The van der Waals surface area contributed by atoms with E-state index in [1.54, 1.807) is 11.3 Å². The van der Waals surface area contributed by atoms with Gasteiger partial charge in [0.25, 0.3) is 0 Å². The predicted molar refractivity (Wildman–Crippen MR) is 56.4 cm³/mol. The average molecular weight is 200 g/mol. The van der Waals surface area contributed by atoms with E-state index in [0.29, 0.717) is 0 Å². The minimum atomic E-state index is 0.130. The summed E-state index contributed by atoms with van der Waals surface area (Å²) in [4.78, 5) is 5.57. The van der Waals surface area contributed by atoms with Crippen LogP contribution in [-0.2, 0) is 0 Å². The maximum Gasteiger partial charge on any atom is 0.183 e. The molecule has 1 rings (SSSR count). The first-order valence-corrected chi connectivity index (χ1v) is 5.30. The molecule has 0 saturated carbocycles. The summed E-state index contributed by atoms with van der Waals surface area (Å²) in [6.07, 6.45) is 0.911. The molecule has 0 aliphatic heterocycles. The highest BCUT2D eigenvalue weighted by Gasteiger charge is 2.08. The van der Waals surface area contributed by atoms with Crippen molar-refractivity contribution in [3.63, 3.8) is 0 Å². The Morgan fingerprint density at radius 3 is 2.62 bits per heavy atom. The van der Waals surface area contributed by atoms with Crippen LogP contribution in [0.1, 0.15) is 23.9 Å². The van der Waals surface area contributed by atoms with Crippen molar-refractivity contribution in [1.82, 2.24) is 4.98 Å². The van der Waals surface area contributed by atoms with E-state index in [-0.39, 0.29) is 12.6 Å². The topological polar surface area (TPSA) is 45.1 Å². The monoisotopic (exact) mass is 200 g/mol. The van der Waals surface area contributed by atoms with E-state index in [4.69, 9.17) is 5.11 Å². The third kappa shape index (κ3) is 2.67.